The molecule has 1 heterocycles. The summed E-state index contributed by atoms with van der Waals surface area (Å²) >= 11 is 0. The summed E-state index contributed by atoms with van der Waals surface area (Å²) in [6.45, 7) is 4.24. The molecular weight excluding hydrogens is 234 g/mol. The molecule has 0 aliphatic rings. The second kappa shape index (κ2) is 7.68. The van der Waals surface area contributed by atoms with Gasteiger partial charge in [0.25, 0.3) is 0 Å². The monoisotopic (exact) mass is 251 g/mol. The van der Waals surface area contributed by atoms with Crippen LogP contribution in [0.5, 0.6) is 0 Å². The van der Waals surface area contributed by atoms with Crippen LogP contribution in [0, 0.1) is 0 Å². The van der Waals surface area contributed by atoms with Crippen molar-refractivity contribution in [3.63, 3.8) is 0 Å². The Labute approximate surface area is 106 Å². The zero-order chi connectivity index (χ0) is 13.4. The van der Waals surface area contributed by atoms with Crippen molar-refractivity contribution in [2.45, 2.75) is 26.6 Å². The van der Waals surface area contributed by atoms with Gasteiger partial charge < -0.3 is 9.47 Å². The van der Waals surface area contributed by atoms with Gasteiger partial charge >= 0.3 is 0 Å². The first-order chi connectivity index (χ1) is 8.69. The Morgan fingerprint density at radius 3 is 2.39 bits per heavy atom. The highest BCUT2D eigenvalue weighted by atomic mass is 16.7. The molecule has 0 aliphatic carbocycles. The molecule has 0 fully saturated rings. The van der Waals surface area contributed by atoms with Crippen molar-refractivity contribution in [1.29, 1.82) is 0 Å². The second-order valence-electron chi connectivity index (χ2n) is 3.52. The first-order valence-corrected chi connectivity index (χ1v) is 5.89. The van der Waals surface area contributed by atoms with E-state index in [1.54, 1.807) is 32.0 Å². The van der Waals surface area contributed by atoms with E-state index in [1.165, 1.54) is 6.20 Å². The van der Waals surface area contributed by atoms with Crippen LogP contribution in [0.25, 0.3) is 0 Å². The predicted molar refractivity (Wildman–Crippen MR) is 65.2 cm³/mol. The van der Waals surface area contributed by atoms with Gasteiger partial charge in [0, 0.05) is 19.4 Å². The number of aromatic nitrogens is 1. The van der Waals surface area contributed by atoms with Crippen molar-refractivity contribution in [3.05, 3.63) is 30.1 Å². The molecule has 0 saturated carbocycles. The molecule has 0 atom stereocenters. The average Bonchev–Trinajstić information content (AvgIpc) is 2.39. The molecule has 0 aliphatic heterocycles. The van der Waals surface area contributed by atoms with Gasteiger partial charge in [-0.05, 0) is 26.0 Å². The fourth-order valence-electron chi connectivity index (χ4n) is 1.40. The van der Waals surface area contributed by atoms with Crippen LogP contribution in [0.15, 0.2) is 24.4 Å². The summed E-state index contributed by atoms with van der Waals surface area (Å²) in [5.74, 6) is -0.709. The predicted octanol–water partition coefficient (Wildman–Crippen LogP) is 1.62. The summed E-state index contributed by atoms with van der Waals surface area (Å²) in [5.41, 5.74) is 0.276. The van der Waals surface area contributed by atoms with E-state index in [2.05, 4.69) is 4.98 Å². The molecule has 0 radical (unpaired) electrons. The summed E-state index contributed by atoms with van der Waals surface area (Å²) in [5, 5.41) is 0. The Morgan fingerprint density at radius 2 is 1.89 bits per heavy atom. The van der Waals surface area contributed by atoms with Gasteiger partial charge in [-0.1, -0.05) is 6.07 Å². The molecule has 0 bridgehead atoms. The van der Waals surface area contributed by atoms with Crippen LogP contribution in [-0.2, 0) is 14.3 Å². The van der Waals surface area contributed by atoms with Gasteiger partial charge in [0.05, 0.1) is 6.42 Å². The lowest BCUT2D eigenvalue weighted by Crippen LogP contribution is -2.29. The molecular formula is C13H17NO4. The first kappa shape index (κ1) is 14.5. The van der Waals surface area contributed by atoms with Crippen LogP contribution in [-0.4, -0.2) is 36.1 Å². The number of pyridine rings is 1. The molecule has 0 unspecified atom stereocenters. The molecule has 5 nitrogen and oxygen atoms in total. The highest BCUT2D eigenvalue weighted by molar-refractivity contribution is 6.07. The largest absolute Gasteiger partial charge is 0.346 e. The Morgan fingerprint density at radius 1 is 1.22 bits per heavy atom. The number of rotatable bonds is 8. The molecule has 0 N–H and O–H groups in total. The van der Waals surface area contributed by atoms with E-state index < -0.39 is 6.29 Å². The number of nitrogens with zero attached hydrogens (tertiary/aromatic N) is 1. The molecule has 1 aromatic heterocycles. The van der Waals surface area contributed by atoms with Crippen molar-refractivity contribution in [2.24, 2.45) is 0 Å². The van der Waals surface area contributed by atoms with Crippen LogP contribution in [0.1, 0.15) is 30.8 Å². The van der Waals surface area contributed by atoms with E-state index in [0.717, 1.165) is 0 Å². The fourth-order valence-corrected chi connectivity index (χ4v) is 1.40. The van der Waals surface area contributed by atoms with Gasteiger partial charge in [0.1, 0.15) is 5.69 Å². The highest BCUT2D eigenvalue weighted by Crippen LogP contribution is 2.05. The molecule has 0 saturated heterocycles. The van der Waals surface area contributed by atoms with Crippen molar-refractivity contribution in [1.82, 2.24) is 4.98 Å². The topological polar surface area (TPSA) is 65.5 Å². The van der Waals surface area contributed by atoms with E-state index in [4.69, 9.17) is 9.47 Å². The number of ketones is 2. The van der Waals surface area contributed by atoms with Gasteiger partial charge in [0.2, 0.25) is 6.29 Å². The van der Waals surface area contributed by atoms with Gasteiger partial charge in [0.15, 0.2) is 11.6 Å². The quantitative estimate of drug-likeness (QED) is 0.399. The van der Waals surface area contributed by atoms with Crippen molar-refractivity contribution < 1.29 is 19.1 Å². The molecule has 98 valence electrons. The Bertz CT molecular complexity index is 385. The van der Waals surface area contributed by atoms with Crippen molar-refractivity contribution in [3.8, 4) is 0 Å². The maximum atomic E-state index is 11.8. The minimum atomic E-state index is -0.965. The van der Waals surface area contributed by atoms with E-state index in [-0.39, 0.29) is 23.7 Å². The maximum absolute atomic E-state index is 11.8. The lowest BCUT2D eigenvalue weighted by molar-refractivity contribution is -0.166. The number of carbonyl (C=O) groups excluding carboxylic acids is 2. The summed E-state index contributed by atoms with van der Waals surface area (Å²) in [6, 6.07) is 4.99. The Kier molecular flexibility index (Phi) is 6.18. The molecule has 0 amide bonds. The van der Waals surface area contributed by atoms with Gasteiger partial charge in [-0.15, -0.1) is 0 Å². The number of carbonyl (C=O) groups is 2. The molecule has 1 rings (SSSR count). The van der Waals surface area contributed by atoms with Gasteiger partial charge in [-0.2, -0.15) is 0 Å². The van der Waals surface area contributed by atoms with E-state index in [0.29, 0.717) is 13.2 Å². The molecule has 0 aromatic carbocycles. The number of hydrogen-bond acceptors (Lipinski definition) is 5. The SMILES string of the molecule is CCOC(OCC)C(=O)CC(=O)c1ccccn1. The van der Waals surface area contributed by atoms with Gasteiger partial charge in [-0.25, -0.2) is 0 Å². The molecule has 1 aromatic rings. The minimum Gasteiger partial charge on any atom is -0.346 e. The van der Waals surface area contributed by atoms with Crippen LogP contribution in [0.4, 0.5) is 0 Å². The van der Waals surface area contributed by atoms with Crippen LogP contribution < -0.4 is 0 Å². The number of Topliss-reactive ketones (excluding diaryl/α,β-unsaturated/α-hetero) is 2. The Balaban J connectivity index is 2.60. The van der Waals surface area contributed by atoms with Crippen molar-refractivity contribution >= 4 is 11.6 Å². The molecule has 5 heteroatoms. The third-order valence-electron chi connectivity index (χ3n) is 2.18. The van der Waals surface area contributed by atoms with E-state index in [1.807, 2.05) is 0 Å². The van der Waals surface area contributed by atoms with E-state index in [9.17, 15) is 9.59 Å². The average molecular weight is 251 g/mol. The summed E-state index contributed by atoms with van der Waals surface area (Å²) in [7, 11) is 0. The number of ether oxygens (including phenoxy) is 2. The second-order valence-corrected chi connectivity index (χ2v) is 3.52. The smallest absolute Gasteiger partial charge is 0.218 e. The third-order valence-corrected chi connectivity index (χ3v) is 2.18. The first-order valence-electron chi connectivity index (χ1n) is 5.89. The molecule has 0 spiro atoms. The van der Waals surface area contributed by atoms with Gasteiger partial charge in [-0.3, -0.25) is 14.6 Å². The van der Waals surface area contributed by atoms with Crippen LogP contribution in [0.3, 0.4) is 0 Å². The van der Waals surface area contributed by atoms with Crippen molar-refractivity contribution in [2.75, 3.05) is 13.2 Å². The minimum absolute atomic E-state index is 0.262. The lowest BCUT2D eigenvalue weighted by Gasteiger charge is -2.14. The normalized spacial score (nSPS) is 10.6. The standard InChI is InChI=1S/C13H17NO4/c1-3-17-13(18-4-2)12(16)9-11(15)10-7-5-6-8-14-10/h5-8,13H,3-4,9H2,1-2H3. The summed E-state index contributed by atoms with van der Waals surface area (Å²) in [6.07, 6.45) is 0.287. The number of hydrogen-bond donors (Lipinski definition) is 0. The maximum Gasteiger partial charge on any atom is 0.218 e. The zero-order valence-electron chi connectivity index (χ0n) is 10.6. The fraction of sp³-hybridized carbons (Fsp3) is 0.462. The lowest BCUT2D eigenvalue weighted by atomic mass is 10.1. The van der Waals surface area contributed by atoms with Crippen LogP contribution >= 0.6 is 0 Å². The molecule has 18 heavy (non-hydrogen) atoms. The highest BCUT2D eigenvalue weighted by Gasteiger charge is 2.22. The Hall–Kier alpha value is -1.59. The zero-order valence-corrected chi connectivity index (χ0v) is 10.6. The summed E-state index contributed by atoms with van der Waals surface area (Å²) < 4.78 is 10.3. The van der Waals surface area contributed by atoms with E-state index >= 15 is 0 Å². The third kappa shape index (κ3) is 4.35. The van der Waals surface area contributed by atoms with Crippen LogP contribution in [0.2, 0.25) is 0 Å². The summed E-state index contributed by atoms with van der Waals surface area (Å²) in [4.78, 5) is 27.5.